The zero-order valence-electron chi connectivity index (χ0n) is 23.3. The molecule has 1 aliphatic carbocycles. The topological polar surface area (TPSA) is 135 Å². The van der Waals surface area contributed by atoms with Gasteiger partial charge in [-0.25, -0.2) is 9.67 Å². The van der Waals surface area contributed by atoms with Gasteiger partial charge in [-0.2, -0.15) is 23.8 Å². The van der Waals surface area contributed by atoms with Crippen LogP contribution < -0.4 is 15.5 Å². The predicted molar refractivity (Wildman–Crippen MR) is 149 cm³/mol. The predicted octanol–water partition coefficient (Wildman–Crippen LogP) is 2.37. The summed E-state index contributed by atoms with van der Waals surface area (Å²) in [5.74, 6) is 0.698. The number of halogens is 2. The highest BCUT2D eigenvalue weighted by Crippen LogP contribution is 2.26. The van der Waals surface area contributed by atoms with E-state index in [0.717, 1.165) is 25.7 Å². The number of likely N-dealkylation sites (N-methyl/N-ethyl adjacent to an activating group) is 1. The minimum Gasteiger partial charge on any atom is -0.378 e. The summed E-state index contributed by atoms with van der Waals surface area (Å²) in [6.45, 7) is 2.92. The van der Waals surface area contributed by atoms with Crippen LogP contribution in [-0.2, 0) is 14.3 Å². The first kappa shape index (κ1) is 29.8. The molecule has 0 spiro atoms. The van der Waals surface area contributed by atoms with Gasteiger partial charge in [0, 0.05) is 33.2 Å². The molecule has 0 atom stereocenters. The number of carbonyl (C=O) groups excluding carboxylic acids is 2. The molecule has 1 aliphatic heterocycles. The van der Waals surface area contributed by atoms with Crippen LogP contribution in [0.2, 0.25) is 0 Å². The molecule has 1 saturated heterocycles. The molecule has 13 nitrogen and oxygen atoms in total. The zero-order valence-corrected chi connectivity index (χ0v) is 23.3. The van der Waals surface area contributed by atoms with Crippen LogP contribution in [0.1, 0.15) is 38.7 Å². The second-order valence-electron chi connectivity index (χ2n) is 9.91. The summed E-state index contributed by atoms with van der Waals surface area (Å²) >= 11 is 0. The Labute approximate surface area is 236 Å². The van der Waals surface area contributed by atoms with E-state index in [4.69, 9.17) is 4.74 Å². The number of alkyl halides is 2. The average molecular weight is 575 g/mol. The fourth-order valence-electron chi connectivity index (χ4n) is 4.54. The summed E-state index contributed by atoms with van der Waals surface area (Å²) in [6, 6.07) is 0.211. The number of hydrogen-bond donors (Lipinski definition) is 2. The Kier molecular flexibility index (Phi) is 10.2. The number of nitrogens with one attached hydrogen (secondary N) is 2. The summed E-state index contributed by atoms with van der Waals surface area (Å²) in [5.41, 5.74) is 1.27. The number of nitrogens with zero attached hydrogens (tertiary/aromatic N) is 8. The third kappa shape index (κ3) is 7.74. The van der Waals surface area contributed by atoms with Crippen molar-refractivity contribution in [3.8, 4) is 5.69 Å². The van der Waals surface area contributed by atoms with Crippen molar-refractivity contribution in [2.75, 3.05) is 57.2 Å². The van der Waals surface area contributed by atoms with Gasteiger partial charge in [-0.15, -0.1) is 0 Å². The molecule has 1 saturated carbocycles. The molecular weight excluding hydrogens is 538 g/mol. The monoisotopic (exact) mass is 574 g/mol. The maximum Gasteiger partial charge on any atom is 0.333 e. The van der Waals surface area contributed by atoms with Crippen molar-refractivity contribution in [3.05, 3.63) is 31.4 Å². The molecule has 222 valence electrons. The fourth-order valence-corrected chi connectivity index (χ4v) is 4.54. The minimum absolute atomic E-state index is 0.0430. The van der Waals surface area contributed by atoms with Crippen molar-refractivity contribution in [3.63, 3.8) is 0 Å². The molecular formula is C26H36F2N10O3. The number of morpholine rings is 1. The highest BCUT2D eigenvalue weighted by Gasteiger charge is 2.22. The lowest BCUT2D eigenvalue weighted by molar-refractivity contribution is -0.123. The molecule has 4 heterocycles. The number of imidazole rings is 1. The minimum atomic E-state index is -2.75. The van der Waals surface area contributed by atoms with Gasteiger partial charge in [0.05, 0.1) is 37.8 Å². The highest BCUT2D eigenvalue weighted by atomic mass is 19.3. The number of fused-ring (bicyclic) bond motifs is 1. The molecule has 0 unspecified atom stereocenters. The molecule has 3 aromatic rings. The van der Waals surface area contributed by atoms with Gasteiger partial charge < -0.3 is 25.2 Å². The van der Waals surface area contributed by atoms with Crippen molar-refractivity contribution in [2.24, 2.45) is 0 Å². The number of rotatable bonds is 8. The Hall–Kier alpha value is -4.14. The normalized spacial score (nSPS) is 15.8. The molecule has 2 amide bonds. The summed E-state index contributed by atoms with van der Waals surface area (Å²) < 4.78 is 33.7. The number of carbonyl (C=O) groups is 2. The number of aromatic nitrogens is 6. The van der Waals surface area contributed by atoms with Gasteiger partial charge in [0.15, 0.2) is 17.0 Å². The van der Waals surface area contributed by atoms with Gasteiger partial charge in [0.2, 0.25) is 17.8 Å². The summed E-state index contributed by atoms with van der Waals surface area (Å²) in [4.78, 5) is 40.0. The summed E-state index contributed by atoms with van der Waals surface area (Å²) in [5, 5.41) is 9.89. The maximum atomic E-state index is 13.0. The molecule has 0 bridgehead atoms. The van der Waals surface area contributed by atoms with Crippen LogP contribution in [-0.4, -0.2) is 99.0 Å². The van der Waals surface area contributed by atoms with Crippen LogP contribution in [0.4, 0.5) is 20.5 Å². The van der Waals surface area contributed by atoms with Crippen LogP contribution in [0.5, 0.6) is 0 Å². The Morgan fingerprint density at radius 1 is 1.20 bits per heavy atom. The van der Waals surface area contributed by atoms with Gasteiger partial charge >= 0.3 is 6.55 Å². The quantitative estimate of drug-likeness (QED) is 0.389. The van der Waals surface area contributed by atoms with E-state index in [1.807, 2.05) is 4.90 Å². The molecule has 15 heteroatoms. The van der Waals surface area contributed by atoms with E-state index in [0.29, 0.717) is 59.6 Å². The van der Waals surface area contributed by atoms with Gasteiger partial charge in [0.25, 0.3) is 0 Å². The van der Waals surface area contributed by atoms with Crippen molar-refractivity contribution in [2.45, 2.75) is 44.7 Å². The average Bonchev–Trinajstić information content (AvgIpc) is 3.64. The van der Waals surface area contributed by atoms with Gasteiger partial charge in [-0.3, -0.25) is 14.2 Å². The third-order valence-electron chi connectivity index (χ3n) is 6.75. The Morgan fingerprint density at radius 2 is 1.93 bits per heavy atom. The van der Waals surface area contributed by atoms with Gasteiger partial charge in [-0.1, -0.05) is 25.8 Å². The van der Waals surface area contributed by atoms with Crippen LogP contribution in [0.3, 0.4) is 0 Å². The first-order chi connectivity index (χ1) is 19.8. The number of amides is 2. The first-order valence-electron chi connectivity index (χ1n) is 13.5. The summed E-state index contributed by atoms with van der Waals surface area (Å²) in [7, 11) is 3.37. The summed E-state index contributed by atoms with van der Waals surface area (Å²) in [6.07, 6.45) is 10.8. The van der Waals surface area contributed by atoms with Crippen LogP contribution in [0, 0.1) is 0 Å². The fraction of sp³-hybridized carbons (Fsp3) is 0.538. The lowest BCUT2D eigenvalue weighted by atomic mass is 9.95. The van der Waals surface area contributed by atoms with Gasteiger partial charge in [-0.05, 0) is 18.9 Å². The van der Waals surface area contributed by atoms with E-state index in [1.165, 1.54) is 36.1 Å². The number of ether oxygens (including phenoxy) is 1. The molecule has 0 aromatic carbocycles. The second-order valence-corrected chi connectivity index (χ2v) is 9.91. The number of hydrogen-bond acceptors (Lipinski definition) is 9. The molecule has 2 N–H and O–H groups in total. The van der Waals surface area contributed by atoms with E-state index in [2.05, 4.69) is 37.3 Å². The molecule has 5 rings (SSSR count). The van der Waals surface area contributed by atoms with E-state index >= 15 is 0 Å². The second kappa shape index (κ2) is 14.0. The lowest BCUT2D eigenvalue weighted by Crippen LogP contribution is -2.39. The molecule has 0 radical (unpaired) electrons. The molecule has 41 heavy (non-hydrogen) atoms. The standard InChI is InChI=1S/C21H27F2N9O2.C5H9NO/c22-20(23)32-12-15(10-26-32)31-13-25-17-18(24-11-16(33)27-14-4-2-1-3-5-14)28-21(29-19(17)31)30-6-8-34-9-7-30;1-4-5(7)6(2)3/h10,12-14,20H,1-9,11H2,(H,27,33)(H,24,28,29);4H,1H2,2-3H3. The van der Waals surface area contributed by atoms with Crippen LogP contribution in [0.25, 0.3) is 16.9 Å². The highest BCUT2D eigenvalue weighted by molar-refractivity contribution is 5.88. The smallest absolute Gasteiger partial charge is 0.333 e. The molecule has 3 aromatic heterocycles. The van der Waals surface area contributed by atoms with E-state index < -0.39 is 6.55 Å². The van der Waals surface area contributed by atoms with Crippen molar-refractivity contribution in [1.29, 1.82) is 0 Å². The number of anilines is 2. The molecule has 2 fully saturated rings. The Morgan fingerprint density at radius 3 is 2.54 bits per heavy atom. The maximum absolute atomic E-state index is 13.0. The van der Waals surface area contributed by atoms with E-state index in [9.17, 15) is 18.4 Å². The Bertz CT molecular complexity index is 1330. The van der Waals surface area contributed by atoms with Crippen molar-refractivity contribution in [1.82, 2.24) is 39.5 Å². The SMILES string of the molecule is C=CC(=O)N(C)C.O=C(CNc1nc(N2CCOCC2)nc2c1ncn2-c1cnn(C(F)F)c1)NC1CCCCC1. The lowest BCUT2D eigenvalue weighted by Gasteiger charge is -2.27. The van der Waals surface area contributed by atoms with E-state index in [1.54, 1.807) is 18.7 Å². The van der Waals surface area contributed by atoms with E-state index in [-0.39, 0.29) is 24.4 Å². The molecule has 2 aliphatic rings. The Balaban J connectivity index is 0.000000493. The third-order valence-corrected chi connectivity index (χ3v) is 6.75. The first-order valence-corrected chi connectivity index (χ1v) is 13.5. The van der Waals surface area contributed by atoms with Crippen molar-refractivity contribution >= 4 is 34.7 Å². The zero-order chi connectivity index (χ0) is 29.4. The van der Waals surface area contributed by atoms with Crippen LogP contribution in [0.15, 0.2) is 31.4 Å². The van der Waals surface area contributed by atoms with Crippen LogP contribution >= 0.6 is 0 Å². The van der Waals surface area contributed by atoms with Gasteiger partial charge in [0.1, 0.15) is 6.33 Å². The largest absolute Gasteiger partial charge is 0.378 e. The van der Waals surface area contributed by atoms with Crippen molar-refractivity contribution < 1.29 is 23.1 Å².